The van der Waals surface area contributed by atoms with E-state index >= 15 is 0 Å². The first kappa shape index (κ1) is 12.0. The predicted octanol–water partition coefficient (Wildman–Crippen LogP) is 3.14. The highest BCUT2D eigenvalue weighted by Crippen LogP contribution is 2.34. The van der Waals surface area contributed by atoms with E-state index in [9.17, 15) is 15.2 Å². The molecule has 0 saturated carbocycles. The van der Waals surface area contributed by atoms with Gasteiger partial charge in [0.2, 0.25) is 0 Å². The van der Waals surface area contributed by atoms with E-state index in [1.54, 1.807) is 13.0 Å². The molecular weight excluding hydrogens is 238 g/mol. The predicted molar refractivity (Wildman–Crippen MR) is 67.9 cm³/mol. The Morgan fingerprint density at radius 2 is 2.18 bits per heavy atom. The second-order valence-corrected chi connectivity index (χ2v) is 5.07. The molecule has 90 valence electrons. The van der Waals surface area contributed by atoms with Crippen molar-refractivity contribution in [2.75, 3.05) is 0 Å². The summed E-state index contributed by atoms with van der Waals surface area (Å²) in [6, 6.07) is 3.32. The van der Waals surface area contributed by atoms with Crippen LogP contribution in [0.3, 0.4) is 0 Å². The van der Waals surface area contributed by atoms with Crippen molar-refractivity contribution in [1.82, 2.24) is 0 Å². The molecule has 0 aromatic carbocycles. The summed E-state index contributed by atoms with van der Waals surface area (Å²) in [6.45, 7) is 1.75. The Morgan fingerprint density at radius 1 is 1.41 bits per heavy atom. The van der Waals surface area contributed by atoms with Gasteiger partial charge in [-0.3, -0.25) is 10.1 Å². The number of hydrogen-bond acceptors (Lipinski definition) is 4. The Labute approximate surface area is 103 Å². The molecule has 4 nitrogen and oxygen atoms in total. The van der Waals surface area contributed by atoms with Crippen LogP contribution in [0.5, 0.6) is 0 Å². The molecule has 1 aliphatic rings. The van der Waals surface area contributed by atoms with Gasteiger partial charge < -0.3 is 5.11 Å². The lowest BCUT2D eigenvalue weighted by molar-refractivity contribution is -0.380. The highest BCUT2D eigenvalue weighted by atomic mass is 32.1. The summed E-state index contributed by atoms with van der Waals surface area (Å²) < 4.78 is 0. The van der Waals surface area contributed by atoms with Crippen LogP contribution in [0.25, 0.3) is 5.57 Å². The van der Waals surface area contributed by atoms with E-state index < -0.39 is 6.10 Å². The van der Waals surface area contributed by atoms with Crippen molar-refractivity contribution in [1.29, 1.82) is 0 Å². The van der Waals surface area contributed by atoms with Crippen LogP contribution in [-0.2, 0) is 0 Å². The minimum absolute atomic E-state index is 0.172. The van der Waals surface area contributed by atoms with E-state index in [1.165, 1.54) is 17.4 Å². The highest BCUT2D eigenvalue weighted by Gasteiger charge is 2.16. The van der Waals surface area contributed by atoms with Crippen molar-refractivity contribution < 1.29 is 10.0 Å². The third-order valence-electron chi connectivity index (χ3n) is 2.81. The smallest absolute Gasteiger partial charge is 0.324 e. The summed E-state index contributed by atoms with van der Waals surface area (Å²) in [7, 11) is 0. The maximum absolute atomic E-state index is 10.6. The minimum atomic E-state index is -0.412. The molecule has 17 heavy (non-hydrogen) atoms. The van der Waals surface area contributed by atoms with Crippen LogP contribution in [-0.4, -0.2) is 16.1 Å². The van der Waals surface area contributed by atoms with Gasteiger partial charge in [0, 0.05) is 10.9 Å². The van der Waals surface area contributed by atoms with Crippen molar-refractivity contribution in [3.8, 4) is 0 Å². The minimum Gasteiger partial charge on any atom is -0.389 e. The van der Waals surface area contributed by atoms with Gasteiger partial charge in [-0.1, -0.05) is 23.5 Å². The van der Waals surface area contributed by atoms with E-state index in [2.05, 4.69) is 0 Å². The fourth-order valence-electron chi connectivity index (χ4n) is 1.81. The van der Waals surface area contributed by atoms with Crippen LogP contribution in [0.15, 0.2) is 29.9 Å². The number of hydrogen-bond donors (Lipinski definition) is 1. The largest absolute Gasteiger partial charge is 0.389 e. The van der Waals surface area contributed by atoms with Crippen molar-refractivity contribution in [3.05, 3.63) is 44.8 Å². The van der Waals surface area contributed by atoms with Gasteiger partial charge in [-0.15, -0.1) is 0 Å². The van der Waals surface area contributed by atoms with Gasteiger partial charge in [0.25, 0.3) is 0 Å². The quantitative estimate of drug-likeness (QED) is 0.663. The Bertz CT molecular complexity index is 500. The summed E-state index contributed by atoms with van der Waals surface area (Å²) in [5, 5.41) is 20.2. The number of nitro groups is 1. The Hall–Kier alpha value is -1.46. The number of aliphatic hydroxyl groups excluding tert-OH is 1. The topological polar surface area (TPSA) is 63.4 Å². The number of thiophene rings is 1. The molecule has 0 fully saturated rings. The molecule has 1 atom stereocenters. The summed E-state index contributed by atoms with van der Waals surface area (Å²) >= 11 is 1.20. The Balaban J connectivity index is 2.21. The molecule has 0 amide bonds. The fourth-order valence-corrected chi connectivity index (χ4v) is 2.68. The molecule has 1 aliphatic carbocycles. The number of nitrogens with zero attached hydrogens (tertiary/aromatic N) is 1. The second kappa shape index (κ2) is 4.81. The lowest BCUT2D eigenvalue weighted by Crippen LogP contribution is -2.06. The van der Waals surface area contributed by atoms with Gasteiger partial charge in [-0.2, -0.15) is 0 Å². The van der Waals surface area contributed by atoms with Gasteiger partial charge in [-0.25, -0.2) is 0 Å². The molecule has 1 heterocycles. The van der Waals surface area contributed by atoms with Gasteiger partial charge in [0.05, 0.1) is 11.0 Å². The van der Waals surface area contributed by atoms with Crippen molar-refractivity contribution >= 4 is 21.9 Å². The summed E-state index contributed by atoms with van der Waals surface area (Å²) in [4.78, 5) is 11.2. The zero-order valence-electron chi connectivity index (χ0n) is 9.42. The maximum Gasteiger partial charge on any atom is 0.324 e. The number of aliphatic hydroxyl groups is 1. The molecule has 1 unspecified atom stereocenters. The zero-order valence-corrected chi connectivity index (χ0v) is 10.2. The van der Waals surface area contributed by atoms with Crippen LogP contribution in [0.4, 0.5) is 5.00 Å². The van der Waals surface area contributed by atoms with Crippen LogP contribution < -0.4 is 0 Å². The highest BCUT2D eigenvalue weighted by molar-refractivity contribution is 7.16. The van der Waals surface area contributed by atoms with E-state index in [-0.39, 0.29) is 9.92 Å². The van der Waals surface area contributed by atoms with Crippen LogP contribution in [0, 0.1) is 10.1 Å². The number of allylic oxidation sites excluding steroid dienone is 3. The van der Waals surface area contributed by atoms with E-state index in [1.807, 2.05) is 12.2 Å². The summed E-state index contributed by atoms with van der Waals surface area (Å²) in [5.74, 6) is 0. The maximum atomic E-state index is 10.6. The van der Waals surface area contributed by atoms with Crippen LogP contribution >= 0.6 is 11.3 Å². The molecule has 0 saturated heterocycles. The van der Waals surface area contributed by atoms with Crippen molar-refractivity contribution in [2.24, 2.45) is 0 Å². The molecular formula is C12H13NO3S. The molecule has 1 aromatic heterocycles. The lowest BCUT2D eigenvalue weighted by atomic mass is 9.95. The second-order valence-electron chi connectivity index (χ2n) is 4.00. The molecule has 5 heteroatoms. The average molecular weight is 251 g/mol. The molecule has 2 rings (SSSR count). The molecule has 1 N–H and O–H groups in total. The zero-order chi connectivity index (χ0) is 12.4. The van der Waals surface area contributed by atoms with E-state index in [0.29, 0.717) is 0 Å². The SMILES string of the molecule is CC(O)C1=CC=C(c2ccc([N+](=O)[O-])s2)CC1. The summed E-state index contributed by atoms with van der Waals surface area (Å²) in [5.41, 5.74) is 2.12. The fraction of sp³-hybridized carbons (Fsp3) is 0.333. The molecule has 1 aromatic rings. The molecule has 0 bridgehead atoms. The standard InChI is InChI=1S/C12H13NO3S/c1-8(14)9-2-4-10(5-3-9)11-6-7-12(17-11)13(15)16/h2,4,6-8,14H,3,5H2,1H3. The van der Waals surface area contributed by atoms with Crippen molar-refractivity contribution in [3.63, 3.8) is 0 Å². The first-order valence-corrected chi connectivity index (χ1v) is 6.22. The first-order chi connectivity index (χ1) is 8.08. The van der Waals surface area contributed by atoms with Gasteiger partial charge in [0.1, 0.15) is 0 Å². The van der Waals surface area contributed by atoms with Crippen LogP contribution in [0.1, 0.15) is 24.6 Å². The van der Waals surface area contributed by atoms with Crippen LogP contribution in [0.2, 0.25) is 0 Å². The molecule has 0 spiro atoms. The van der Waals surface area contributed by atoms with E-state index in [4.69, 9.17) is 0 Å². The monoisotopic (exact) mass is 251 g/mol. The van der Waals surface area contributed by atoms with Gasteiger partial charge in [0.15, 0.2) is 0 Å². The normalized spacial score (nSPS) is 17.3. The summed E-state index contributed by atoms with van der Waals surface area (Å²) in [6.07, 6.45) is 5.09. The number of rotatable bonds is 3. The molecule has 0 aliphatic heterocycles. The third-order valence-corrected chi connectivity index (χ3v) is 3.92. The molecule has 0 radical (unpaired) electrons. The van der Waals surface area contributed by atoms with Gasteiger partial charge >= 0.3 is 5.00 Å². The van der Waals surface area contributed by atoms with Gasteiger partial charge in [-0.05, 0) is 37.0 Å². The van der Waals surface area contributed by atoms with E-state index in [0.717, 1.165) is 28.9 Å². The van der Waals surface area contributed by atoms with Crippen molar-refractivity contribution in [2.45, 2.75) is 25.9 Å². The lowest BCUT2D eigenvalue weighted by Gasteiger charge is -2.15. The average Bonchev–Trinajstić information content (AvgIpc) is 2.78. The Kier molecular flexibility index (Phi) is 3.40. The third kappa shape index (κ3) is 2.62. The Morgan fingerprint density at radius 3 is 2.65 bits per heavy atom. The first-order valence-electron chi connectivity index (χ1n) is 5.40.